The summed E-state index contributed by atoms with van der Waals surface area (Å²) in [4.78, 5) is 16.9. The Morgan fingerprint density at radius 2 is 1.56 bits per heavy atom. The van der Waals surface area contributed by atoms with Crippen LogP contribution in [0.1, 0.15) is 0 Å². The molecule has 1 aromatic carbocycles. The van der Waals surface area contributed by atoms with E-state index < -0.39 is 0 Å². The van der Waals surface area contributed by atoms with Gasteiger partial charge in [-0.3, -0.25) is 0 Å². The van der Waals surface area contributed by atoms with Gasteiger partial charge < -0.3 is 0 Å². The van der Waals surface area contributed by atoms with Gasteiger partial charge in [-0.05, 0) is 6.07 Å². The molecule has 0 bridgehead atoms. The van der Waals surface area contributed by atoms with Crippen LogP contribution in [0.5, 0.6) is 0 Å². The molecule has 18 heavy (non-hydrogen) atoms. The lowest BCUT2D eigenvalue weighted by Crippen LogP contribution is -1.94. The highest BCUT2D eigenvalue weighted by Gasteiger charge is 2.10. The number of benzene rings is 1. The fourth-order valence-corrected chi connectivity index (χ4v) is 1.76. The average Bonchev–Trinajstić information content (AvgIpc) is 2.49. The molecular formula is C14H10N4. The molecule has 0 N–H and O–H groups in total. The Kier molecular flexibility index (Phi) is 2.75. The molecule has 0 aliphatic heterocycles. The van der Waals surface area contributed by atoms with Gasteiger partial charge in [-0.2, -0.15) is 0 Å². The molecule has 0 radical (unpaired) electrons. The molecule has 4 heteroatoms. The monoisotopic (exact) mass is 234 g/mol. The van der Waals surface area contributed by atoms with Gasteiger partial charge in [-0.15, -0.1) is 0 Å². The Morgan fingerprint density at radius 3 is 2.33 bits per heavy atom. The third-order valence-electron chi connectivity index (χ3n) is 2.57. The molecule has 0 atom stereocenters. The zero-order chi connectivity index (χ0) is 12.2. The van der Waals surface area contributed by atoms with Crippen LogP contribution in [0.4, 0.5) is 0 Å². The van der Waals surface area contributed by atoms with Crippen LogP contribution in [0, 0.1) is 0 Å². The number of nitrogens with zero attached hydrogens (tertiary/aromatic N) is 4. The van der Waals surface area contributed by atoms with Crippen LogP contribution in [0.25, 0.3) is 22.6 Å². The van der Waals surface area contributed by atoms with Crippen molar-refractivity contribution in [3.63, 3.8) is 0 Å². The molecule has 0 fully saturated rings. The van der Waals surface area contributed by atoms with Crippen molar-refractivity contribution < 1.29 is 0 Å². The van der Waals surface area contributed by atoms with E-state index in [1.54, 1.807) is 24.7 Å². The number of aromatic nitrogens is 4. The largest absolute Gasteiger partial charge is 0.244 e. The topological polar surface area (TPSA) is 51.6 Å². The summed E-state index contributed by atoms with van der Waals surface area (Å²) in [6, 6.07) is 11.7. The van der Waals surface area contributed by atoms with E-state index in [-0.39, 0.29) is 0 Å². The van der Waals surface area contributed by atoms with Gasteiger partial charge in [-0.25, -0.2) is 19.9 Å². The van der Waals surface area contributed by atoms with Gasteiger partial charge >= 0.3 is 0 Å². The van der Waals surface area contributed by atoms with Gasteiger partial charge in [0.15, 0.2) is 5.82 Å². The zero-order valence-electron chi connectivity index (χ0n) is 9.56. The van der Waals surface area contributed by atoms with E-state index in [0.29, 0.717) is 5.82 Å². The van der Waals surface area contributed by atoms with Crippen molar-refractivity contribution in [2.45, 2.75) is 0 Å². The highest BCUT2D eigenvalue weighted by molar-refractivity contribution is 5.76. The number of rotatable bonds is 2. The quantitative estimate of drug-likeness (QED) is 0.684. The first kappa shape index (κ1) is 10.5. The maximum Gasteiger partial charge on any atom is 0.162 e. The van der Waals surface area contributed by atoms with E-state index in [0.717, 1.165) is 16.8 Å². The third-order valence-corrected chi connectivity index (χ3v) is 2.57. The second-order valence-corrected chi connectivity index (χ2v) is 3.72. The van der Waals surface area contributed by atoms with E-state index in [4.69, 9.17) is 0 Å². The van der Waals surface area contributed by atoms with Gasteiger partial charge in [0.1, 0.15) is 6.33 Å². The van der Waals surface area contributed by atoms with Crippen LogP contribution in [-0.2, 0) is 0 Å². The summed E-state index contributed by atoms with van der Waals surface area (Å²) < 4.78 is 0. The molecule has 2 heterocycles. The molecule has 0 unspecified atom stereocenters. The van der Waals surface area contributed by atoms with Crippen LogP contribution in [0.3, 0.4) is 0 Å². The summed E-state index contributed by atoms with van der Waals surface area (Å²) in [5.74, 6) is 0.636. The fraction of sp³-hybridized carbons (Fsp3) is 0. The highest BCUT2D eigenvalue weighted by atomic mass is 14.9. The maximum atomic E-state index is 4.33. The van der Waals surface area contributed by atoms with E-state index >= 15 is 0 Å². The van der Waals surface area contributed by atoms with Crippen LogP contribution in [0.15, 0.2) is 61.3 Å². The molecule has 0 saturated carbocycles. The highest BCUT2D eigenvalue weighted by Crippen LogP contribution is 2.26. The van der Waals surface area contributed by atoms with Crippen molar-refractivity contribution in [1.82, 2.24) is 19.9 Å². The predicted molar refractivity (Wildman–Crippen MR) is 68.5 cm³/mol. The smallest absolute Gasteiger partial charge is 0.162 e. The molecule has 3 rings (SSSR count). The van der Waals surface area contributed by atoms with Crippen molar-refractivity contribution in [1.29, 1.82) is 0 Å². The van der Waals surface area contributed by atoms with Crippen LogP contribution in [-0.4, -0.2) is 19.9 Å². The number of hydrogen-bond acceptors (Lipinski definition) is 4. The minimum absolute atomic E-state index is 0.636. The predicted octanol–water partition coefficient (Wildman–Crippen LogP) is 2.60. The first-order chi connectivity index (χ1) is 8.95. The molecule has 2 aromatic heterocycles. The van der Waals surface area contributed by atoms with Gasteiger partial charge in [0, 0.05) is 24.2 Å². The molecule has 4 nitrogen and oxygen atoms in total. The van der Waals surface area contributed by atoms with Crippen LogP contribution in [0.2, 0.25) is 0 Å². The van der Waals surface area contributed by atoms with Gasteiger partial charge in [0.25, 0.3) is 0 Å². The van der Waals surface area contributed by atoms with E-state index in [9.17, 15) is 0 Å². The van der Waals surface area contributed by atoms with Crippen molar-refractivity contribution in [3.05, 3.63) is 61.3 Å². The molecule has 0 spiro atoms. The lowest BCUT2D eigenvalue weighted by atomic mass is 10.1. The third kappa shape index (κ3) is 1.96. The molecule has 0 saturated heterocycles. The Morgan fingerprint density at radius 1 is 0.778 bits per heavy atom. The van der Waals surface area contributed by atoms with Gasteiger partial charge in [0.05, 0.1) is 11.3 Å². The molecule has 0 aliphatic rings. The summed E-state index contributed by atoms with van der Waals surface area (Å²) in [6.07, 6.45) is 6.70. The molecule has 0 aliphatic carbocycles. The Labute approximate surface area is 104 Å². The zero-order valence-corrected chi connectivity index (χ0v) is 9.56. The molecular weight excluding hydrogens is 224 g/mol. The fourth-order valence-electron chi connectivity index (χ4n) is 1.76. The van der Waals surface area contributed by atoms with Gasteiger partial charge in [0.2, 0.25) is 0 Å². The van der Waals surface area contributed by atoms with Gasteiger partial charge in [-0.1, -0.05) is 30.3 Å². The first-order valence-electron chi connectivity index (χ1n) is 5.58. The van der Waals surface area contributed by atoms with Crippen molar-refractivity contribution >= 4 is 0 Å². The lowest BCUT2D eigenvalue weighted by Gasteiger charge is -2.06. The normalized spacial score (nSPS) is 10.2. The SMILES string of the molecule is c1ccc(-c2ncncc2-c2ncccn2)cc1. The summed E-state index contributed by atoms with van der Waals surface area (Å²) in [5, 5.41) is 0. The van der Waals surface area contributed by atoms with Crippen molar-refractivity contribution in [2.24, 2.45) is 0 Å². The average molecular weight is 234 g/mol. The van der Waals surface area contributed by atoms with Crippen molar-refractivity contribution in [2.75, 3.05) is 0 Å². The van der Waals surface area contributed by atoms with E-state index in [1.165, 1.54) is 6.33 Å². The molecule has 3 aromatic rings. The van der Waals surface area contributed by atoms with E-state index in [2.05, 4.69) is 19.9 Å². The van der Waals surface area contributed by atoms with Crippen molar-refractivity contribution in [3.8, 4) is 22.6 Å². The molecule has 86 valence electrons. The summed E-state index contributed by atoms with van der Waals surface area (Å²) >= 11 is 0. The van der Waals surface area contributed by atoms with Crippen LogP contribution < -0.4 is 0 Å². The first-order valence-corrected chi connectivity index (χ1v) is 5.58. The lowest BCUT2D eigenvalue weighted by molar-refractivity contribution is 1.12. The summed E-state index contributed by atoms with van der Waals surface area (Å²) in [6.45, 7) is 0. The second kappa shape index (κ2) is 4.71. The maximum absolute atomic E-state index is 4.33. The standard InChI is InChI=1S/C14H10N4/c1-2-5-11(6-3-1)13-12(9-15-10-18-13)14-16-7-4-8-17-14/h1-10H. The summed E-state index contributed by atoms with van der Waals surface area (Å²) in [5.41, 5.74) is 2.71. The minimum atomic E-state index is 0.636. The Bertz CT molecular complexity index is 580. The summed E-state index contributed by atoms with van der Waals surface area (Å²) in [7, 11) is 0. The molecule has 0 amide bonds. The minimum Gasteiger partial charge on any atom is -0.244 e. The Hall–Kier alpha value is -2.62. The second-order valence-electron chi connectivity index (χ2n) is 3.72. The van der Waals surface area contributed by atoms with Crippen LogP contribution >= 0.6 is 0 Å². The Balaban J connectivity index is 2.18. The van der Waals surface area contributed by atoms with E-state index in [1.807, 2.05) is 30.3 Å². The number of hydrogen-bond donors (Lipinski definition) is 0.